The molecule has 0 amide bonds. The van der Waals surface area contributed by atoms with Crippen molar-refractivity contribution in [3.63, 3.8) is 0 Å². The Morgan fingerprint density at radius 3 is 3.14 bits per heavy atom. The van der Waals surface area contributed by atoms with Gasteiger partial charge in [0.2, 0.25) is 5.95 Å². The second-order valence-corrected chi connectivity index (χ2v) is 3.03. The van der Waals surface area contributed by atoms with Gasteiger partial charge in [-0.15, -0.1) is 0 Å². The van der Waals surface area contributed by atoms with E-state index < -0.39 is 6.10 Å². The van der Waals surface area contributed by atoms with Crippen molar-refractivity contribution < 1.29 is 9.84 Å². The lowest BCUT2D eigenvalue weighted by Gasteiger charge is -2.11. The van der Waals surface area contributed by atoms with Crippen LogP contribution in [0, 0.1) is 0 Å². The second-order valence-electron chi connectivity index (χ2n) is 3.03. The second kappa shape index (κ2) is 5.62. The van der Waals surface area contributed by atoms with Crippen LogP contribution in [0.25, 0.3) is 0 Å². The van der Waals surface area contributed by atoms with Gasteiger partial charge in [0.1, 0.15) is 0 Å². The smallest absolute Gasteiger partial charge is 0.202 e. The molecule has 1 aromatic heterocycles. The number of aliphatic hydroxyl groups is 1. The summed E-state index contributed by atoms with van der Waals surface area (Å²) < 4.78 is 6.78. The first-order valence-electron chi connectivity index (χ1n) is 4.70. The van der Waals surface area contributed by atoms with Crippen molar-refractivity contribution in [1.82, 2.24) is 9.55 Å². The van der Waals surface area contributed by atoms with Crippen LogP contribution in [0.5, 0.6) is 0 Å². The Hall–Kier alpha value is -1.07. The first kappa shape index (κ1) is 11.0. The number of ether oxygens (including phenoxy) is 1. The molecular formula is C9H17N3O2. The van der Waals surface area contributed by atoms with E-state index in [0.29, 0.717) is 13.2 Å². The maximum absolute atomic E-state index is 9.39. The molecule has 0 fully saturated rings. The van der Waals surface area contributed by atoms with E-state index in [9.17, 15) is 5.11 Å². The third-order valence-corrected chi connectivity index (χ3v) is 1.91. The zero-order valence-corrected chi connectivity index (χ0v) is 8.60. The molecule has 1 unspecified atom stereocenters. The number of nitrogens with one attached hydrogen (secondary N) is 1. The summed E-state index contributed by atoms with van der Waals surface area (Å²) in [7, 11) is 1.57. The monoisotopic (exact) mass is 199 g/mol. The molecule has 0 radical (unpaired) electrons. The topological polar surface area (TPSA) is 59.3 Å². The average Bonchev–Trinajstić information content (AvgIpc) is 2.62. The molecule has 2 N–H and O–H groups in total. The summed E-state index contributed by atoms with van der Waals surface area (Å²) in [6, 6.07) is 0. The van der Waals surface area contributed by atoms with Crippen molar-refractivity contribution in [2.75, 3.05) is 25.6 Å². The number of hydrogen-bond donors (Lipinski definition) is 2. The Kier molecular flexibility index (Phi) is 4.42. The van der Waals surface area contributed by atoms with Gasteiger partial charge in [-0.25, -0.2) is 4.98 Å². The van der Waals surface area contributed by atoms with Crippen molar-refractivity contribution in [2.24, 2.45) is 0 Å². The molecular weight excluding hydrogens is 182 g/mol. The van der Waals surface area contributed by atoms with Gasteiger partial charge in [-0.05, 0) is 6.92 Å². The zero-order valence-electron chi connectivity index (χ0n) is 8.60. The molecule has 1 aromatic rings. The van der Waals surface area contributed by atoms with Gasteiger partial charge < -0.3 is 19.7 Å². The Balaban J connectivity index is 2.37. The summed E-state index contributed by atoms with van der Waals surface area (Å²) in [5.41, 5.74) is 0. The molecule has 0 aromatic carbocycles. The van der Waals surface area contributed by atoms with E-state index >= 15 is 0 Å². The lowest BCUT2D eigenvalue weighted by molar-refractivity contribution is 0.0726. The standard InChI is InChI=1S/C9H17N3O2/c1-3-12-5-4-10-9(12)11-6-8(13)7-14-2/h4-5,8,13H,3,6-7H2,1-2H3,(H,10,11). The fourth-order valence-corrected chi connectivity index (χ4v) is 1.19. The highest BCUT2D eigenvalue weighted by Gasteiger charge is 2.05. The maximum atomic E-state index is 9.39. The summed E-state index contributed by atoms with van der Waals surface area (Å²) in [6.07, 6.45) is 3.13. The van der Waals surface area contributed by atoms with Crippen LogP contribution in [0.2, 0.25) is 0 Å². The summed E-state index contributed by atoms with van der Waals surface area (Å²) in [4.78, 5) is 4.12. The number of nitrogens with zero attached hydrogens (tertiary/aromatic N) is 2. The van der Waals surface area contributed by atoms with Gasteiger partial charge in [-0.2, -0.15) is 0 Å². The zero-order chi connectivity index (χ0) is 10.4. The van der Waals surface area contributed by atoms with E-state index in [2.05, 4.69) is 10.3 Å². The number of imidazole rings is 1. The summed E-state index contributed by atoms with van der Waals surface area (Å²) in [6.45, 7) is 3.69. The largest absolute Gasteiger partial charge is 0.389 e. The van der Waals surface area contributed by atoms with Gasteiger partial charge in [-0.3, -0.25) is 0 Å². The molecule has 0 bridgehead atoms. The molecule has 0 aliphatic heterocycles. The average molecular weight is 199 g/mol. The molecule has 5 heteroatoms. The normalized spacial score (nSPS) is 12.8. The summed E-state index contributed by atoms with van der Waals surface area (Å²) >= 11 is 0. The number of aliphatic hydroxyl groups excluding tert-OH is 1. The van der Waals surface area contributed by atoms with Crippen molar-refractivity contribution in [3.05, 3.63) is 12.4 Å². The number of aromatic nitrogens is 2. The number of hydrogen-bond acceptors (Lipinski definition) is 4. The molecule has 0 aliphatic carbocycles. The van der Waals surface area contributed by atoms with E-state index in [1.807, 2.05) is 17.7 Å². The van der Waals surface area contributed by atoms with Crippen LogP contribution in [-0.2, 0) is 11.3 Å². The molecule has 80 valence electrons. The van der Waals surface area contributed by atoms with Crippen molar-refractivity contribution in [1.29, 1.82) is 0 Å². The van der Waals surface area contributed by atoms with E-state index in [4.69, 9.17) is 4.74 Å². The minimum Gasteiger partial charge on any atom is -0.389 e. The Labute approximate surface area is 83.7 Å². The quantitative estimate of drug-likeness (QED) is 0.693. The van der Waals surface area contributed by atoms with Gasteiger partial charge in [0.25, 0.3) is 0 Å². The minimum absolute atomic E-state index is 0.333. The highest BCUT2D eigenvalue weighted by atomic mass is 16.5. The van der Waals surface area contributed by atoms with Crippen molar-refractivity contribution >= 4 is 5.95 Å². The number of rotatable bonds is 6. The number of methoxy groups -OCH3 is 1. The predicted octanol–water partition coefficient (Wildman–Crippen LogP) is 0.322. The number of anilines is 1. The Morgan fingerprint density at radius 2 is 2.50 bits per heavy atom. The van der Waals surface area contributed by atoms with Crippen LogP contribution in [0.1, 0.15) is 6.92 Å². The van der Waals surface area contributed by atoms with Crippen molar-refractivity contribution in [2.45, 2.75) is 19.6 Å². The third-order valence-electron chi connectivity index (χ3n) is 1.91. The molecule has 14 heavy (non-hydrogen) atoms. The fourth-order valence-electron chi connectivity index (χ4n) is 1.19. The molecule has 0 aliphatic rings. The molecule has 1 rings (SSSR count). The van der Waals surface area contributed by atoms with Gasteiger partial charge in [0.05, 0.1) is 12.7 Å². The van der Waals surface area contributed by atoms with Crippen LogP contribution >= 0.6 is 0 Å². The van der Waals surface area contributed by atoms with Crippen LogP contribution < -0.4 is 5.32 Å². The first-order valence-corrected chi connectivity index (χ1v) is 4.70. The Morgan fingerprint density at radius 1 is 1.71 bits per heavy atom. The lowest BCUT2D eigenvalue weighted by Crippen LogP contribution is -2.25. The van der Waals surface area contributed by atoms with Crippen LogP contribution in [-0.4, -0.2) is 41.0 Å². The van der Waals surface area contributed by atoms with Crippen LogP contribution in [0.4, 0.5) is 5.95 Å². The highest BCUT2D eigenvalue weighted by molar-refractivity contribution is 5.25. The van der Waals surface area contributed by atoms with Gasteiger partial charge >= 0.3 is 0 Å². The van der Waals surface area contributed by atoms with Gasteiger partial charge in [-0.1, -0.05) is 0 Å². The van der Waals surface area contributed by atoms with E-state index in [-0.39, 0.29) is 0 Å². The van der Waals surface area contributed by atoms with Gasteiger partial charge in [0.15, 0.2) is 0 Å². The summed E-state index contributed by atoms with van der Waals surface area (Å²) in [5.74, 6) is 0.780. The third kappa shape index (κ3) is 3.01. The van der Waals surface area contributed by atoms with Gasteiger partial charge in [0, 0.05) is 32.6 Å². The van der Waals surface area contributed by atoms with Crippen molar-refractivity contribution in [3.8, 4) is 0 Å². The molecule has 0 saturated carbocycles. The predicted molar refractivity (Wildman–Crippen MR) is 54.3 cm³/mol. The molecule has 0 spiro atoms. The molecule has 1 atom stereocenters. The van der Waals surface area contributed by atoms with E-state index in [1.165, 1.54) is 0 Å². The highest BCUT2D eigenvalue weighted by Crippen LogP contribution is 2.03. The maximum Gasteiger partial charge on any atom is 0.202 e. The van der Waals surface area contributed by atoms with Crippen LogP contribution in [0.3, 0.4) is 0 Å². The molecule has 0 saturated heterocycles. The minimum atomic E-state index is -0.498. The Bertz CT molecular complexity index is 262. The van der Waals surface area contributed by atoms with E-state index in [0.717, 1.165) is 12.5 Å². The summed E-state index contributed by atoms with van der Waals surface area (Å²) in [5, 5.41) is 12.4. The fraction of sp³-hybridized carbons (Fsp3) is 0.667. The number of aryl methyl sites for hydroxylation is 1. The molecule has 1 heterocycles. The van der Waals surface area contributed by atoms with Crippen LogP contribution in [0.15, 0.2) is 12.4 Å². The molecule has 5 nitrogen and oxygen atoms in total. The SMILES string of the molecule is CCn1ccnc1NCC(O)COC. The first-order chi connectivity index (χ1) is 6.77. The van der Waals surface area contributed by atoms with E-state index in [1.54, 1.807) is 13.3 Å². The lowest BCUT2D eigenvalue weighted by atomic mass is 10.4.